The van der Waals surface area contributed by atoms with E-state index in [0.29, 0.717) is 23.2 Å². The quantitative estimate of drug-likeness (QED) is 0.121. The minimum atomic E-state index is -2.05. The maximum absolute atomic E-state index is 7.13. The van der Waals surface area contributed by atoms with Crippen LogP contribution in [0.5, 0.6) is 0 Å². The summed E-state index contributed by atoms with van der Waals surface area (Å²) in [5.74, 6) is 0. The van der Waals surface area contributed by atoms with Crippen LogP contribution >= 0.6 is 0 Å². The lowest BCUT2D eigenvalue weighted by atomic mass is 9.92. The van der Waals surface area contributed by atoms with Gasteiger partial charge >= 0.3 is 0 Å². The van der Waals surface area contributed by atoms with Gasteiger partial charge in [0.1, 0.15) is 11.7 Å². The van der Waals surface area contributed by atoms with Crippen LogP contribution in [0, 0.1) is 0 Å². The van der Waals surface area contributed by atoms with Gasteiger partial charge in [0.2, 0.25) is 0 Å². The molecule has 0 aliphatic carbocycles. The number of hydrogen-bond acceptors (Lipinski definition) is 4. The molecule has 1 saturated heterocycles. The molecule has 0 aromatic heterocycles. The molecule has 4 nitrogen and oxygen atoms in total. The third-order valence-electron chi connectivity index (χ3n) is 8.61. The van der Waals surface area contributed by atoms with Crippen LogP contribution in [-0.4, -0.2) is 55.5 Å². The van der Waals surface area contributed by atoms with Gasteiger partial charge in [-0.15, -0.1) is 0 Å². The van der Waals surface area contributed by atoms with E-state index in [2.05, 4.69) is 122 Å². The summed E-state index contributed by atoms with van der Waals surface area (Å²) < 4.78 is 27.7. The largest absolute Gasteiger partial charge is 0.413 e. The summed E-state index contributed by atoms with van der Waals surface area (Å²) in [5.41, 5.74) is 2.48. The Hall–Kier alpha value is 0.231. The van der Waals surface area contributed by atoms with Gasteiger partial charge in [-0.2, -0.15) is 0 Å². The highest BCUT2D eigenvalue weighted by atomic mass is 28.4. The summed E-state index contributed by atoms with van der Waals surface area (Å²) in [7, 11) is -5.87. The summed E-state index contributed by atoms with van der Waals surface area (Å²) in [6.07, 6.45) is 3.11. The lowest BCUT2D eigenvalue weighted by Crippen LogP contribution is -2.53. The fraction of sp³-hybridized carbons (Fsp3) is 0.931. The predicted molar refractivity (Wildman–Crippen MR) is 165 cm³/mol. The minimum absolute atomic E-state index is 0.0358. The molecule has 1 fully saturated rings. The van der Waals surface area contributed by atoms with E-state index in [1.165, 1.54) is 5.57 Å². The molecule has 4 atom stereocenters. The highest BCUT2D eigenvalue weighted by Gasteiger charge is 2.64. The number of ether oxygens (including phenoxy) is 1. The first-order valence-electron chi connectivity index (χ1n) is 14.4. The highest BCUT2D eigenvalue weighted by Crippen LogP contribution is 2.50. The lowest BCUT2D eigenvalue weighted by molar-refractivity contribution is 0.0807. The van der Waals surface area contributed by atoms with Crippen LogP contribution in [0.1, 0.15) is 89.5 Å². The van der Waals surface area contributed by atoms with E-state index >= 15 is 0 Å². The van der Waals surface area contributed by atoms with Crippen molar-refractivity contribution in [3.8, 4) is 0 Å². The Kier molecular flexibility index (Phi) is 11.6. The Bertz CT molecular complexity index is 712. The van der Waals surface area contributed by atoms with Crippen molar-refractivity contribution in [3.05, 3.63) is 11.6 Å². The maximum Gasteiger partial charge on any atom is 0.200 e. The number of rotatable bonds is 14. The zero-order valence-corrected chi connectivity index (χ0v) is 30.1. The smallest absolute Gasteiger partial charge is 0.200 e. The molecular weight excluding hydrogens is 497 g/mol. The van der Waals surface area contributed by atoms with Gasteiger partial charge in [0.15, 0.2) is 25.0 Å². The first kappa shape index (κ1) is 34.3. The van der Waals surface area contributed by atoms with E-state index in [-0.39, 0.29) is 23.4 Å². The lowest BCUT2D eigenvalue weighted by Gasteiger charge is -2.44. The van der Waals surface area contributed by atoms with Crippen molar-refractivity contribution in [2.24, 2.45) is 0 Å². The van der Waals surface area contributed by atoms with Gasteiger partial charge in [-0.3, -0.25) is 0 Å². The Labute approximate surface area is 228 Å². The molecule has 0 unspecified atom stereocenters. The van der Waals surface area contributed by atoms with Gasteiger partial charge in [-0.05, 0) is 80.2 Å². The molecule has 0 aromatic rings. The van der Waals surface area contributed by atoms with Gasteiger partial charge in [0.25, 0.3) is 0 Å². The Balaban J connectivity index is 3.43. The summed E-state index contributed by atoms with van der Waals surface area (Å²) in [6.45, 7) is 39.7. The molecule has 1 aliphatic rings. The Morgan fingerprint density at radius 2 is 1.39 bits per heavy atom. The molecule has 0 amide bonds. The molecule has 7 heteroatoms. The van der Waals surface area contributed by atoms with E-state index in [9.17, 15) is 0 Å². The van der Waals surface area contributed by atoms with E-state index in [1.54, 1.807) is 0 Å². The van der Waals surface area contributed by atoms with Crippen molar-refractivity contribution in [2.45, 2.75) is 168 Å². The van der Waals surface area contributed by atoms with E-state index < -0.39 is 30.6 Å². The van der Waals surface area contributed by atoms with Crippen LogP contribution in [-0.2, 0) is 18.0 Å². The fourth-order valence-electron chi connectivity index (χ4n) is 5.81. The van der Waals surface area contributed by atoms with E-state index in [1.807, 2.05) is 0 Å². The molecular formula is C29H62O4Si3. The molecule has 0 aromatic carbocycles. The van der Waals surface area contributed by atoms with Crippen LogP contribution in [0.3, 0.4) is 0 Å². The van der Waals surface area contributed by atoms with Gasteiger partial charge in [-0.1, -0.05) is 75.3 Å². The molecule has 1 aliphatic heterocycles. The number of hydrogen-bond donors (Lipinski definition) is 0. The molecule has 0 spiro atoms. The summed E-state index contributed by atoms with van der Waals surface area (Å²) in [4.78, 5) is 0. The van der Waals surface area contributed by atoms with Crippen molar-refractivity contribution in [1.82, 2.24) is 0 Å². The SMILES string of the molecule is CC/C=C(\C)[C@@H](O[Si](C)(C)C)[C@]1(C)O[C@H]1[C@@H](CO[Si](C(C)C)(C(C)C)C(C)C)O[Si](C)(C)C(C)(C)C. The molecule has 0 bridgehead atoms. The summed E-state index contributed by atoms with van der Waals surface area (Å²) in [5, 5.41) is 0.117. The van der Waals surface area contributed by atoms with Crippen molar-refractivity contribution in [1.29, 1.82) is 0 Å². The van der Waals surface area contributed by atoms with Crippen LogP contribution < -0.4 is 0 Å². The first-order valence-corrected chi connectivity index (χ1v) is 22.9. The van der Waals surface area contributed by atoms with Gasteiger partial charge in [0, 0.05) is 0 Å². The zero-order valence-electron chi connectivity index (χ0n) is 27.1. The van der Waals surface area contributed by atoms with Gasteiger partial charge < -0.3 is 18.0 Å². The Morgan fingerprint density at radius 1 is 0.917 bits per heavy atom. The monoisotopic (exact) mass is 558 g/mol. The fourth-order valence-corrected chi connectivity index (χ4v) is 13.7. The summed E-state index contributed by atoms with van der Waals surface area (Å²) >= 11 is 0. The third-order valence-corrected chi connectivity index (χ3v) is 20.1. The topological polar surface area (TPSA) is 40.2 Å². The molecule has 1 heterocycles. The van der Waals surface area contributed by atoms with Crippen LogP contribution in [0.15, 0.2) is 11.6 Å². The maximum atomic E-state index is 7.13. The second-order valence-electron chi connectivity index (χ2n) is 14.7. The average molecular weight is 559 g/mol. The second kappa shape index (κ2) is 12.2. The third kappa shape index (κ3) is 7.89. The number of epoxide rings is 1. The molecule has 36 heavy (non-hydrogen) atoms. The van der Waals surface area contributed by atoms with E-state index in [0.717, 1.165) is 6.42 Å². The minimum Gasteiger partial charge on any atom is -0.413 e. The highest BCUT2D eigenvalue weighted by molar-refractivity contribution is 6.77. The molecule has 214 valence electrons. The normalized spacial score (nSPS) is 24.1. The van der Waals surface area contributed by atoms with Crippen LogP contribution in [0.25, 0.3) is 0 Å². The van der Waals surface area contributed by atoms with Crippen LogP contribution in [0.2, 0.25) is 54.4 Å². The van der Waals surface area contributed by atoms with E-state index in [4.69, 9.17) is 18.0 Å². The van der Waals surface area contributed by atoms with Gasteiger partial charge in [0.05, 0.1) is 18.8 Å². The first-order chi connectivity index (χ1) is 16.1. The second-order valence-corrected chi connectivity index (χ2v) is 29.4. The predicted octanol–water partition coefficient (Wildman–Crippen LogP) is 9.30. The van der Waals surface area contributed by atoms with Crippen molar-refractivity contribution in [2.75, 3.05) is 6.61 Å². The van der Waals surface area contributed by atoms with Crippen molar-refractivity contribution in [3.63, 3.8) is 0 Å². The molecule has 0 radical (unpaired) electrons. The van der Waals surface area contributed by atoms with Gasteiger partial charge in [-0.25, -0.2) is 0 Å². The van der Waals surface area contributed by atoms with Crippen LogP contribution in [0.4, 0.5) is 0 Å². The molecule has 0 N–H and O–H groups in total. The Morgan fingerprint density at radius 3 is 1.75 bits per heavy atom. The van der Waals surface area contributed by atoms with Crippen molar-refractivity contribution >= 4 is 25.0 Å². The molecule has 1 rings (SSSR count). The van der Waals surface area contributed by atoms with Crippen molar-refractivity contribution < 1.29 is 18.0 Å². The standard InChI is InChI=1S/C29H62O4Si3/c1-18-19-24(8)26(33-34(13,14)15)29(12)27(31-29)25(32-35(16,17)28(9,10)11)20-30-36(21(2)3,22(4)5)23(6)7/h19,21-23,25-27H,18,20H2,1-17H3/b24-19+/t25-,26-,27+,29+/m1/s1. The zero-order chi connectivity index (χ0) is 28.5. The average Bonchev–Trinajstić information content (AvgIpc) is 3.35. The summed E-state index contributed by atoms with van der Waals surface area (Å²) in [6, 6.07) is 0. The number of allylic oxidation sites excluding steroid dienone is 1. The molecule has 0 saturated carbocycles.